The second kappa shape index (κ2) is 10.2. The molecule has 2 aromatic carbocycles. The van der Waals surface area contributed by atoms with Crippen molar-refractivity contribution in [1.82, 2.24) is 14.8 Å². The number of ether oxygens (including phenoxy) is 2. The van der Waals surface area contributed by atoms with Crippen molar-refractivity contribution in [3.63, 3.8) is 0 Å². The molecule has 4 rings (SSSR count). The largest absolute Gasteiger partial charge is 0.460 e. The normalized spacial score (nSPS) is 10.8. The molecule has 7 nitrogen and oxygen atoms in total. The van der Waals surface area contributed by atoms with Gasteiger partial charge in [0.25, 0.3) is 0 Å². The number of hydrogen-bond donors (Lipinski definition) is 1. The minimum Gasteiger partial charge on any atom is -0.460 e. The predicted molar refractivity (Wildman–Crippen MR) is 126 cm³/mol. The number of aromatic nitrogens is 3. The van der Waals surface area contributed by atoms with Gasteiger partial charge < -0.3 is 14.8 Å². The van der Waals surface area contributed by atoms with Crippen LogP contribution in [-0.4, -0.2) is 41.0 Å². The molecule has 0 fully saturated rings. The highest BCUT2D eigenvalue weighted by Crippen LogP contribution is 2.27. The molecule has 32 heavy (non-hydrogen) atoms. The Bertz CT molecular complexity index is 1170. The van der Waals surface area contributed by atoms with E-state index in [1.807, 2.05) is 73.0 Å². The molecule has 0 aliphatic carbocycles. The van der Waals surface area contributed by atoms with Crippen LogP contribution in [0.1, 0.15) is 10.4 Å². The van der Waals surface area contributed by atoms with Crippen molar-refractivity contribution in [3.05, 3.63) is 76.5 Å². The quantitative estimate of drug-likeness (QED) is 0.381. The smallest absolute Gasteiger partial charge is 0.336 e. The molecule has 0 unspecified atom stereocenters. The monoisotopic (exact) mass is 448 g/mol. The number of rotatable bonds is 9. The van der Waals surface area contributed by atoms with Gasteiger partial charge in [-0.3, -0.25) is 4.79 Å². The maximum Gasteiger partial charge on any atom is 0.336 e. The van der Waals surface area contributed by atoms with Crippen LogP contribution in [0.2, 0.25) is 0 Å². The fourth-order valence-electron chi connectivity index (χ4n) is 3.21. The van der Waals surface area contributed by atoms with E-state index >= 15 is 0 Å². The Morgan fingerprint density at radius 3 is 2.59 bits per heavy atom. The number of carbonyl (C=O) groups is 1. The number of benzene rings is 2. The molecule has 8 heteroatoms. The van der Waals surface area contributed by atoms with Crippen LogP contribution < -0.4 is 10.1 Å². The van der Waals surface area contributed by atoms with E-state index in [-0.39, 0.29) is 11.9 Å². The molecule has 2 aromatic heterocycles. The first-order chi connectivity index (χ1) is 15.6. The lowest BCUT2D eigenvalue weighted by atomic mass is 10.1. The van der Waals surface area contributed by atoms with Crippen molar-refractivity contribution in [3.8, 4) is 23.1 Å². The van der Waals surface area contributed by atoms with E-state index in [0.29, 0.717) is 25.5 Å². The van der Waals surface area contributed by atoms with E-state index in [1.165, 1.54) is 0 Å². The van der Waals surface area contributed by atoms with E-state index in [9.17, 15) is 4.79 Å². The number of nitrogens with zero attached hydrogens (tertiary/aromatic N) is 3. The second-order valence-corrected chi connectivity index (χ2v) is 8.17. The molecule has 2 heterocycles. The molecule has 0 bridgehead atoms. The summed E-state index contributed by atoms with van der Waals surface area (Å²) in [7, 11) is 1.62. The summed E-state index contributed by atoms with van der Waals surface area (Å²) in [6.45, 7) is 2.85. The van der Waals surface area contributed by atoms with Crippen LogP contribution in [0, 0.1) is 6.92 Å². The summed E-state index contributed by atoms with van der Waals surface area (Å²) in [4.78, 5) is 17.9. The molecule has 0 saturated carbocycles. The molecule has 0 aliphatic heterocycles. The number of thiophene rings is 1. The van der Waals surface area contributed by atoms with Gasteiger partial charge in [0.2, 0.25) is 5.91 Å². The van der Waals surface area contributed by atoms with Gasteiger partial charge in [-0.2, -0.15) is 4.98 Å². The van der Waals surface area contributed by atoms with Crippen LogP contribution in [0.3, 0.4) is 0 Å². The Morgan fingerprint density at radius 2 is 1.88 bits per heavy atom. The third-order valence-corrected chi connectivity index (χ3v) is 5.68. The highest BCUT2D eigenvalue weighted by atomic mass is 32.1. The van der Waals surface area contributed by atoms with Crippen LogP contribution in [0.15, 0.2) is 66.0 Å². The molecule has 0 radical (unpaired) electrons. The van der Waals surface area contributed by atoms with Gasteiger partial charge in [-0.15, -0.1) is 16.4 Å². The number of aryl methyl sites for hydroxylation is 1. The van der Waals surface area contributed by atoms with Gasteiger partial charge in [-0.25, -0.2) is 4.68 Å². The Kier molecular flexibility index (Phi) is 6.94. The van der Waals surface area contributed by atoms with Gasteiger partial charge in [-0.1, -0.05) is 30.3 Å². The molecule has 164 valence electrons. The number of amides is 1. The number of nitrogens with one attached hydrogen (secondary N) is 1. The fourth-order valence-corrected chi connectivity index (χ4v) is 3.91. The maximum absolute atomic E-state index is 12.3. The number of methoxy groups -OCH3 is 1. The van der Waals surface area contributed by atoms with E-state index in [0.717, 1.165) is 27.4 Å². The lowest BCUT2D eigenvalue weighted by Crippen LogP contribution is -2.13. The molecule has 1 N–H and O–H groups in total. The summed E-state index contributed by atoms with van der Waals surface area (Å²) in [5.41, 5.74) is 3.59. The van der Waals surface area contributed by atoms with E-state index in [4.69, 9.17) is 9.47 Å². The summed E-state index contributed by atoms with van der Waals surface area (Å²) in [5.74, 6) is 0.639. The molecule has 0 atom stereocenters. The molecule has 0 aliphatic rings. The van der Waals surface area contributed by atoms with Crippen molar-refractivity contribution in [1.29, 1.82) is 0 Å². The zero-order valence-electron chi connectivity index (χ0n) is 17.9. The zero-order valence-corrected chi connectivity index (χ0v) is 18.8. The minimum atomic E-state index is -0.0459. The molecular formula is C24H24N4O3S. The van der Waals surface area contributed by atoms with Gasteiger partial charge in [0, 0.05) is 23.2 Å². The first-order valence-electron chi connectivity index (χ1n) is 10.2. The maximum atomic E-state index is 12.3. The lowest BCUT2D eigenvalue weighted by Gasteiger charge is -2.09. The van der Waals surface area contributed by atoms with Gasteiger partial charge in [0.05, 0.1) is 18.7 Å². The van der Waals surface area contributed by atoms with Crippen molar-refractivity contribution in [2.24, 2.45) is 0 Å². The standard InChI is InChI=1S/C24H24N4O3S/c1-17-6-3-4-8-21(17)23-26-24(31-14-13-30-2)27-28(23)19-11-9-18(10-12-19)25-22(29)16-20-7-5-15-32-20/h3-12,15H,13-14,16H2,1-2H3,(H,25,29). The average Bonchev–Trinajstić information content (AvgIpc) is 3.45. The zero-order chi connectivity index (χ0) is 22.3. The Morgan fingerprint density at radius 1 is 1.06 bits per heavy atom. The summed E-state index contributed by atoms with van der Waals surface area (Å²) in [6.07, 6.45) is 0.363. The summed E-state index contributed by atoms with van der Waals surface area (Å²) in [5, 5.41) is 9.46. The van der Waals surface area contributed by atoms with E-state index in [1.54, 1.807) is 23.1 Å². The van der Waals surface area contributed by atoms with Crippen LogP contribution in [0.5, 0.6) is 6.01 Å². The third kappa shape index (κ3) is 5.22. The predicted octanol–water partition coefficient (Wildman–Crippen LogP) is 4.51. The Labute approximate surface area is 190 Å². The molecule has 1 amide bonds. The van der Waals surface area contributed by atoms with Crippen LogP contribution in [0.25, 0.3) is 17.1 Å². The Balaban J connectivity index is 1.57. The topological polar surface area (TPSA) is 78.3 Å². The molecular weight excluding hydrogens is 424 g/mol. The number of hydrogen-bond acceptors (Lipinski definition) is 6. The third-order valence-electron chi connectivity index (χ3n) is 4.80. The van der Waals surface area contributed by atoms with E-state index < -0.39 is 0 Å². The molecule has 0 saturated heterocycles. The average molecular weight is 449 g/mol. The number of carbonyl (C=O) groups excluding carboxylic acids is 1. The summed E-state index contributed by atoms with van der Waals surface area (Å²) in [6, 6.07) is 19.7. The summed E-state index contributed by atoms with van der Waals surface area (Å²) < 4.78 is 12.4. The number of anilines is 1. The van der Waals surface area contributed by atoms with Gasteiger partial charge in [0.1, 0.15) is 6.61 Å². The first kappa shape index (κ1) is 21.7. The van der Waals surface area contributed by atoms with Gasteiger partial charge >= 0.3 is 6.01 Å². The summed E-state index contributed by atoms with van der Waals surface area (Å²) >= 11 is 1.57. The highest BCUT2D eigenvalue weighted by molar-refractivity contribution is 7.10. The van der Waals surface area contributed by atoms with Crippen molar-refractivity contribution in [2.45, 2.75) is 13.3 Å². The Hall–Kier alpha value is -3.49. The fraction of sp³-hybridized carbons (Fsp3) is 0.208. The van der Waals surface area contributed by atoms with Crippen LogP contribution in [-0.2, 0) is 16.0 Å². The lowest BCUT2D eigenvalue weighted by molar-refractivity contribution is -0.115. The van der Waals surface area contributed by atoms with E-state index in [2.05, 4.69) is 15.4 Å². The first-order valence-corrected chi connectivity index (χ1v) is 11.1. The van der Waals surface area contributed by atoms with Crippen LogP contribution in [0.4, 0.5) is 5.69 Å². The van der Waals surface area contributed by atoms with Crippen molar-refractivity contribution >= 4 is 22.9 Å². The van der Waals surface area contributed by atoms with Gasteiger partial charge in [0.15, 0.2) is 5.82 Å². The highest BCUT2D eigenvalue weighted by Gasteiger charge is 2.16. The van der Waals surface area contributed by atoms with Crippen molar-refractivity contribution < 1.29 is 14.3 Å². The van der Waals surface area contributed by atoms with Crippen molar-refractivity contribution in [2.75, 3.05) is 25.6 Å². The van der Waals surface area contributed by atoms with Crippen LogP contribution >= 0.6 is 11.3 Å². The minimum absolute atomic E-state index is 0.0459. The molecule has 4 aromatic rings. The second-order valence-electron chi connectivity index (χ2n) is 7.14. The molecule has 0 spiro atoms. The van der Waals surface area contributed by atoms with Gasteiger partial charge in [-0.05, 0) is 48.2 Å². The SMILES string of the molecule is COCCOc1nc(-c2ccccc2C)n(-c2ccc(NC(=O)Cc3cccs3)cc2)n1.